The van der Waals surface area contributed by atoms with Gasteiger partial charge in [0, 0.05) is 0 Å². The number of methoxy groups -OCH3 is 1. The van der Waals surface area contributed by atoms with Crippen LogP contribution in [0.2, 0.25) is 0 Å². The summed E-state index contributed by atoms with van der Waals surface area (Å²) in [4.78, 5) is 0. The van der Waals surface area contributed by atoms with Gasteiger partial charge in [-0.1, -0.05) is 30.3 Å². The summed E-state index contributed by atoms with van der Waals surface area (Å²) in [6.07, 6.45) is 0. The first-order chi connectivity index (χ1) is 8.10. The van der Waals surface area contributed by atoms with Gasteiger partial charge < -0.3 is 9.84 Å². The molecular weight excluding hydrogens is 226 g/mol. The molecule has 0 aliphatic carbocycles. The average Bonchev–Trinajstić information content (AvgIpc) is 2.37. The van der Waals surface area contributed by atoms with Gasteiger partial charge in [0.25, 0.3) is 5.92 Å². The van der Waals surface area contributed by atoms with Gasteiger partial charge in [-0.2, -0.15) is 8.78 Å². The number of aliphatic hydroxyl groups excluding tert-OH is 1. The molecule has 90 valence electrons. The molecule has 0 amide bonds. The lowest BCUT2D eigenvalue weighted by atomic mass is 9.99. The van der Waals surface area contributed by atoms with Crippen LogP contribution < -0.4 is 4.74 Å². The van der Waals surface area contributed by atoms with Crippen molar-refractivity contribution in [2.75, 3.05) is 13.7 Å². The number of aliphatic hydroxyl groups is 1. The molecule has 0 bridgehead atoms. The van der Waals surface area contributed by atoms with Crippen molar-refractivity contribution in [3.8, 4) is 5.75 Å². The Bertz CT molecular complexity index is 538. The second-order valence-electron chi connectivity index (χ2n) is 3.73. The zero-order valence-corrected chi connectivity index (χ0v) is 9.28. The Balaban J connectivity index is 2.80. The van der Waals surface area contributed by atoms with Gasteiger partial charge in [-0.05, 0) is 16.8 Å². The molecule has 0 radical (unpaired) electrons. The zero-order chi connectivity index (χ0) is 12.5. The first-order valence-electron chi connectivity index (χ1n) is 5.15. The van der Waals surface area contributed by atoms with Crippen molar-refractivity contribution in [2.24, 2.45) is 0 Å². The van der Waals surface area contributed by atoms with Gasteiger partial charge in [0.15, 0.2) is 0 Å². The molecule has 0 spiro atoms. The Morgan fingerprint density at radius 1 is 1.18 bits per heavy atom. The van der Waals surface area contributed by atoms with E-state index in [0.29, 0.717) is 10.8 Å². The minimum absolute atomic E-state index is 0.0859. The van der Waals surface area contributed by atoms with Crippen LogP contribution in [0, 0.1) is 0 Å². The Morgan fingerprint density at radius 2 is 1.88 bits per heavy atom. The van der Waals surface area contributed by atoms with Gasteiger partial charge >= 0.3 is 0 Å². The third kappa shape index (κ3) is 1.96. The lowest BCUT2D eigenvalue weighted by molar-refractivity contribution is -0.0558. The molecule has 2 rings (SSSR count). The zero-order valence-electron chi connectivity index (χ0n) is 9.28. The Labute approximate surface area is 97.4 Å². The number of halogens is 2. The standard InChI is InChI=1S/C13H12F2O2/c1-17-11-7-6-9-4-2-3-5-10(9)12(11)13(14,15)8-16/h2-7,16H,8H2,1H3. The first kappa shape index (κ1) is 11.8. The summed E-state index contributed by atoms with van der Waals surface area (Å²) >= 11 is 0. The smallest absolute Gasteiger partial charge is 0.299 e. The predicted octanol–water partition coefficient (Wildman–Crippen LogP) is 2.93. The molecule has 2 aromatic carbocycles. The average molecular weight is 238 g/mol. The van der Waals surface area contributed by atoms with E-state index in [9.17, 15) is 8.78 Å². The van der Waals surface area contributed by atoms with Crippen molar-refractivity contribution < 1.29 is 18.6 Å². The maximum Gasteiger partial charge on any atom is 0.299 e. The van der Waals surface area contributed by atoms with Crippen molar-refractivity contribution >= 4 is 10.8 Å². The van der Waals surface area contributed by atoms with Crippen molar-refractivity contribution in [3.63, 3.8) is 0 Å². The second-order valence-corrected chi connectivity index (χ2v) is 3.73. The summed E-state index contributed by atoms with van der Waals surface area (Å²) in [5, 5.41) is 9.91. The Hall–Kier alpha value is -1.68. The molecular formula is C13H12F2O2. The van der Waals surface area contributed by atoms with Gasteiger partial charge in [-0.25, -0.2) is 0 Å². The Kier molecular flexibility index (Phi) is 2.98. The van der Waals surface area contributed by atoms with Gasteiger partial charge in [0.1, 0.15) is 12.4 Å². The van der Waals surface area contributed by atoms with Crippen molar-refractivity contribution in [2.45, 2.75) is 5.92 Å². The molecule has 2 aromatic rings. The summed E-state index contributed by atoms with van der Waals surface area (Å²) in [6, 6.07) is 9.99. The fourth-order valence-corrected chi connectivity index (χ4v) is 1.88. The van der Waals surface area contributed by atoms with Gasteiger partial charge in [-0.3, -0.25) is 0 Å². The van der Waals surface area contributed by atoms with E-state index < -0.39 is 12.5 Å². The maximum absolute atomic E-state index is 13.7. The molecule has 0 aliphatic rings. The predicted molar refractivity (Wildman–Crippen MR) is 61.5 cm³/mol. The van der Waals surface area contributed by atoms with E-state index in [1.165, 1.54) is 13.2 Å². The monoisotopic (exact) mass is 238 g/mol. The largest absolute Gasteiger partial charge is 0.496 e. The maximum atomic E-state index is 13.7. The molecule has 0 fully saturated rings. The number of hydrogen-bond donors (Lipinski definition) is 1. The number of hydrogen-bond acceptors (Lipinski definition) is 2. The third-order valence-corrected chi connectivity index (χ3v) is 2.68. The van der Waals surface area contributed by atoms with Crippen LogP contribution in [0.15, 0.2) is 36.4 Å². The molecule has 1 N–H and O–H groups in total. The van der Waals surface area contributed by atoms with Crippen LogP contribution in [0.1, 0.15) is 5.56 Å². The quantitative estimate of drug-likeness (QED) is 0.890. The molecule has 0 aromatic heterocycles. The summed E-state index contributed by atoms with van der Waals surface area (Å²) in [5.74, 6) is -3.23. The number of fused-ring (bicyclic) bond motifs is 1. The number of ether oxygens (including phenoxy) is 1. The number of alkyl halides is 2. The minimum atomic E-state index is -3.31. The Morgan fingerprint density at radius 3 is 2.53 bits per heavy atom. The van der Waals surface area contributed by atoms with E-state index >= 15 is 0 Å². The van der Waals surface area contributed by atoms with E-state index in [1.807, 2.05) is 0 Å². The summed E-state index contributed by atoms with van der Waals surface area (Å²) in [6.45, 7) is -1.24. The summed E-state index contributed by atoms with van der Waals surface area (Å²) in [7, 11) is 1.33. The molecule has 4 heteroatoms. The molecule has 2 nitrogen and oxygen atoms in total. The minimum Gasteiger partial charge on any atom is -0.496 e. The third-order valence-electron chi connectivity index (χ3n) is 2.68. The van der Waals surface area contributed by atoms with E-state index in [-0.39, 0.29) is 11.3 Å². The van der Waals surface area contributed by atoms with Gasteiger partial charge in [0.05, 0.1) is 12.7 Å². The molecule has 0 saturated carbocycles. The molecule has 0 atom stereocenters. The molecule has 0 saturated heterocycles. The highest BCUT2D eigenvalue weighted by atomic mass is 19.3. The van der Waals surface area contributed by atoms with Crippen LogP contribution >= 0.6 is 0 Å². The summed E-state index contributed by atoms with van der Waals surface area (Å²) in [5.41, 5.74) is -0.263. The second kappa shape index (κ2) is 4.30. The van der Waals surface area contributed by atoms with Gasteiger partial charge in [0.2, 0.25) is 0 Å². The highest BCUT2D eigenvalue weighted by Gasteiger charge is 2.35. The van der Waals surface area contributed by atoms with Gasteiger partial charge in [-0.15, -0.1) is 0 Å². The van der Waals surface area contributed by atoms with Crippen molar-refractivity contribution in [1.29, 1.82) is 0 Å². The summed E-state index contributed by atoms with van der Waals surface area (Å²) < 4.78 is 32.4. The van der Waals surface area contributed by atoms with E-state index in [0.717, 1.165) is 0 Å². The molecule has 0 unspecified atom stereocenters. The lowest BCUT2D eigenvalue weighted by Crippen LogP contribution is -2.20. The normalized spacial score (nSPS) is 11.8. The highest BCUT2D eigenvalue weighted by molar-refractivity contribution is 5.88. The number of benzene rings is 2. The van der Waals surface area contributed by atoms with Crippen LogP contribution in [0.5, 0.6) is 5.75 Å². The molecule has 0 heterocycles. The highest BCUT2D eigenvalue weighted by Crippen LogP contribution is 2.39. The van der Waals surface area contributed by atoms with Crippen LogP contribution in [-0.2, 0) is 5.92 Å². The fourth-order valence-electron chi connectivity index (χ4n) is 1.88. The SMILES string of the molecule is COc1ccc2ccccc2c1C(F)(F)CO. The van der Waals surface area contributed by atoms with Crippen LogP contribution in [0.25, 0.3) is 10.8 Å². The lowest BCUT2D eigenvalue weighted by Gasteiger charge is -2.19. The number of rotatable bonds is 3. The fraction of sp³-hybridized carbons (Fsp3) is 0.231. The van der Waals surface area contributed by atoms with E-state index in [2.05, 4.69) is 0 Å². The van der Waals surface area contributed by atoms with Crippen molar-refractivity contribution in [3.05, 3.63) is 42.0 Å². The van der Waals surface area contributed by atoms with Crippen molar-refractivity contribution in [1.82, 2.24) is 0 Å². The molecule has 0 aliphatic heterocycles. The molecule has 17 heavy (non-hydrogen) atoms. The van der Waals surface area contributed by atoms with Crippen LogP contribution in [-0.4, -0.2) is 18.8 Å². The van der Waals surface area contributed by atoms with Crippen LogP contribution in [0.3, 0.4) is 0 Å². The topological polar surface area (TPSA) is 29.5 Å². The van der Waals surface area contributed by atoms with Crippen LogP contribution in [0.4, 0.5) is 8.78 Å². The van der Waals surface area contributed by atoms with E-state index in [4.69, 9.17) is 9.84 Å². The van der Waals surface area contributed by atoms with E-state index in [1.54, 1.807) is 30.3 Å². The first-order valence-corrected chi connectivity index (χ1v) is 5.15.